The minimum atomic E-state index is -1.31. The minimum Gasteiger partial charge on any atom is -0.0312 e. The third-order valence-corrected chi connectivity index (χ3v) is 11.9. The quantitative estimate of drug-likeness (QED) is 0.402. The van der Waals surface area contributed by atoms with E-state index < -0.39 is 13.2 Å². The minimum absolute atomic E-state index is 0. The van der Waals surface area contributed by atoms with E-state index in [-0.39, 0.29) is 17.1 Å². The third-order valence-electron chi connectivity index (χ3n) is 2.83. The van der Waals surface area contributed by atoms with E-state index in [1.54, 1.807) is 0 Å². The molecular weight excluding hydrogens is 433 g/mol. The smallest absolute Gasteiger partial charge is 0 e. The van der Waals surface area contributed by atoms with E-state index in [9.17, 15) is 0 Å². The van der Waals surface area contributed by atoms with E-state index >= 15 is 0 Å². The Balaban J connectivity index is 0. The van der Waals surface area contributed by atoms with Crippen molar-refractivity contribution in [2.45, 2.75) is 0 Å². The van der Waals surface area contributed by atoms with Gasteiger partial charge in [0.2, 0.25) is 0 Å². The molecule has 25 heavy (non-hydrogen) atoms. The summed E-state index contributed by atoms with van der Waals surface area (Å²) in [7, 11) is 2.04. The van der Waals surface area contributed by atoms with Crippen LogP contribution in [0.2, 0.25) is 0 Å². The molecule has 1 aliphatic rings. The van der Waals surface area contributed by atoms with Crippen LogP contribution >= 0.6 is 10.1 Å². The van der Waals surface area contributed by atoms with Gasteiger partial charge in [-0.1, -0.05) is 0 Å². The van der Waals surface area contributed by atoms with Crippen molar-refractivity contribution in [3.05, 3.63) is 106 Å². The Kier molecular flexibility index (Phi) is 20.9. The van der Waals surface area contributed by atoms with Crippen LogP contribution in [0, 0.1) is 45.4 Å². The summed E-state index contributed by atoms with van der Waals surface area (Å²) in [5.74, 6) is 0. The van der Waals surface area contributed by atoms with Gasteiger partial charge in [-0.25, -0.2) is 0 Å². The molecular formula is C20H18FeGeO2S. The van der Waals surface area contributed by atoms with Gasteiger partial charge in [0.05, 0.1) is 0 Å². The Morgan fingerprint density at radius 1 is 0.640 bits per heavy atom. The monoisotopic (exact) mass is 452 g/mol. The van der Waals surface area contributed by atoms with Crippen LogP contribution in [0.4, 0.5) is 0 Å². The summed E-state index contributed by atoms with van der Waals surface area (Å²) < 4.78 is 18.1. The van der Waals surface area contributed by atoms with E-state index in [1.165, 1.54) is 8.79 Å². The summed E-state index contributed by atoms with van der Waals surface area (Å²) in [6.07, 6.45) is 12.2. The molecule has 1 aliphatic carbocycles. The normalized spacial score (nSPS) is 11.3. The predicted octanol–water partition coefficient (Wildman–Crippen LogP) is 3.10. The van der Waals surface area contributed by atoms with Crippen molar-refractivity contribution in [3.8, 4) is 0 Å². The van der Waals surface area contributed by atoms with Crippen molar-refractivity contribution >= 4 is 32.1 Å². The maximum absolute atomic E-state index is 7.50. The molecule has 0 spiro atoms. The summed E-state index contributed by atoms with van der Waals surface area (Å²) in [5, 5.41) is 0. The zero-order valence-corrected chi connectivity index (χ0v) is 17.8. The zero-order chi connectivity index (χ0) is 18.0. The molecule has 2 aromatic rings. The largest absolute Gasteiger partial charge is 0.0312 e. The molecule has 1 fully saturated rings. The molecule has 0 aliphatic heterocycles. The van der Waals surface area contributed by atoms with Gasteiger partial charge in [0.1, 0.15) is 0 Å². The number of hydrogen-bond acceptors (Lipinski definition) is 1. The summed E-state index contributed by atoms with van der Waals surface area (Å²) in [6.45, 7) is 9.00. The maximum Gasteiger partial charge on any atom is 0 e. The van der Waals surface area contributed by atoms with Gasteiger partial charge in [0.25, 0.3) is 0 Å². The molecule has 2 aromatic carbocycles. The first-order chi connectivity index (χ1) is 11.9. The van der Waals surface area contributed by atoms with Crippen LogP contribution in [-0.4, -0.2) is 19.5 Å². The van der Waals surface area contributed by atoms with E-state index in [4.69, 9.17) is 9.30 Å². The van der Waals surface area contributed by atoms with Crippen LogP contribution in [0.5, 0.6) is 0 Å². The summed E-state index contributed by atoms with van der Waals surface area (Å²) >= 11 is -1.31. The zero-order valence-electron chi connectivity index (χ0n) is 13.7. The SMILES string of the molecule is C[S][Ge]([c]1ccccc1)[c]1ccccc1.[C-]#[O+].[C-]#[O+].[CH]1[CH][CH][CH][CH]1.[Fe]. The van der Waals surface area contributed by atoms with Crippen molar-refractivity contribution in [2.75, 3.05) is 6.26 Å². The molecule has 3 rings (SSSR count). The molecule has 128 valence electrons. The average molecular weight is 451 g/mol. The Bertz CT molecular complexity index is 504. The number of rotatable bonds is 3. The van der Waals surface area contributed by atoms with Crippen LogP contribution in [0.15, 0.2) is 60.7 Å². The molecule has 0 saturated heterocycles. The topological polar surface area (TPSA) is 39.8 Å². The second kappa shape index (κ2) is 19.7. The van der Waals surface area contributed by atoms with E-state index in [0.717, 1.165) is 0 Å². The fourth-order valence-corrected chi connectivity index (χ4v) is 9.53. The standard InChI is InChI=1S/C13H13GeS.C5H5.2CO.Fe/c1-15-14(12-8-4-2-5-9-12)13-10-6-3-7-11-13;1-2-4-5-3-1;2*1-2;/h2-11H,1H3;1-5H;;;. The molecule has 0 unspecified atom stereocenters. The average Bonchev–Trinajstić information content (AvgIpc) is 3.28. The Morgan fingerprint density at radius 3 is 1.16 bits per heavy atom. The summed E-state index contributed by atoms with van der Waals surface area (Å²) in [4.78, 5) is 0. The van der Waals surface area contributed by atoms with Crippen molar-refractivity contribution in [1.82, 2.24) is 0 Å². The first kappa shape index (κ1) is 26.6. The third kappa shape index (κ3) is 11.5. The molecule has 0 atom stereocenters. The number of hydrogen-bond donors (Lipinski definition) is 0. The molecule has 0 N–H and O–H groups in total. The summed E-state index contributed by atoms with van der Waals surface area (Å²) in [5.41, 5.74) is 0. The Labute approximate surface area is 170 Å². The fourth-order valence-electron chi connectivity index (χ4n) is 1.90. The first-order valence-corrected chi connectivity index (χ1v) is 12.9. The van der Waals surface area contributed by atoms with E-state index in [2.05, 4.69) is 80.2 Å². The molecule has 0 amide bonds. The van der Waals surface area contributed by atoms with Gasteiger partial charge in [-0.2, -0.15) is 0 Å². The van der Waals surface area contributed by atoms with Gasteiger partial charge < -0.3 is 0 Å². The first-order valence-electron chi connectivity index (χ1n) is 7.01. The van der Waals surface area contributed by atoms with E-state index in [1.807, 2.05) is 42.2 Å². The van der Waals surface area contributed by atoms with Gasteiger partial charge in [-0.3, -0.25) is 0 Å². The second-order valence-corrected chi connectivity index (χ2v) is 13.1. The van der Waals surface area contributed by atoms with Crippen molar-refractivity contribution < 1.29 is 26.4 Å². The van der Waals surface area contributed by atoms with Gasteiger partial charge in [0, 0.05) is 17.1 Å². The molecule has 6 radical (unpaired) electrons. The van der Waals surface area contributed by atoms with Gasteiger partial charge in [0.15, 0.2) is 0 Å². The predicted molar refractivity (Wildman–Crippen MR) is 101 cm³/mol. The van der Waals surface area contributed by atoms with Gasteiger partial charge in [-0.15, -0.1) is 0 Å². The van der Waals surface area contributed by atoms with Crippen molar-refractivity contribution in [3.63, 3.8) is 0 Å². The molecule has 2 nitrogen and oxygen atoms in total. The molecule has 0 aromatic heterocycles. The van der Waals surface area contributed by atoms with Gasteiger partial charge >= 0.3 is 122 Å². The Hall–Kier alpha value is -0.668. The van der Waals surface area contributed by atoms with Gasteiger partial charge in [-0.05, 0) is 32.1 Å². The summed E-state index contributed by atoms with van der Waals surface area (Å²) in [6, 6.07) is 21.8. The van der Waals surface area contributed by atoms with E-state index in [0.29, 0.717) is 0 Å². The molecule has 5 heteroatoms. The van der Waals surface area contributed by atoms with Crippen LogP contribution in [0.3, 0.4) is 0 Å². The maximum atomic E-state index is 7.50. The molecule has 1 saturated carbocycles. The van der Waals surface area contributed by atoms with Crippen LogP contribution in [-0.2, 0) is 26.4 Å². The Morgan fingerprint density at radius 2 is 0.920 bits per heavy atom. The number of benzene rings is 2. The van der Waals surface area contributed by atoms with Crippen LogP contribution in [0.25, 0.3) is 0 Å². The van der Waals surface area contributed by atoms with Crippen LogP contribution < -0.4 is 8.79 Å². The fraction of sp³-hybridized carbons (Fsp3) is 0.0500. The van der Waals surface area contributed by atoms with Crippen molar-refractivity contribution in [1.29, 1.82) is 0 Å². The second-order valence-electron chi connectivity index (χ2n) is 4.23. The van der Waals surface area contributed by atoms with Crippen molar-refractivity contribution in [2.24, 2.45) is 0 Å². The molecule has 0 bridgehead atoms. The van der Waals surface area contributed by atoms with Crippen LogP contribution in [0.1, 0.15) is 0 Å². The molecule has 0 heterocycles.